The first-order chi connectivity index (χ1) is 7.86. The molecule has 90 valence electrons. The molecular formula is C13H21NO2. The highest BCUT2D eigenvalue weighted by atomic mass is 16.5. The summed E-state index contributed by atoms with van der Waals surface area (Å²) in [5.41, 5.74) is 6.63. The van der Waals surface area contributed by atoms with Crippen molar-refractivity contribution in [2.45, 2.75) is 32.2 Å². The third-order valence-corrected chi connectivity index (χ3v) is 2.48. The summed E-state index contributed by atoms with van der Waals surface area (Å²) in [4.78, 5) is 0. The van der Waals surface area contributed by atoms with Gasteiger partial charge in [-0.3, -0.25) is 0 Å². The first-order valence-electron chi connectivity index (χ1n) is 5.89. The third-order valence-electron chi connectivity index (χ3n) is 2.48. The molecule has 1 rings (SSSR count). The van der Waals surface area contributed by atoms with Crippen molar-refractivity contribution in [3.05, 3.63) is 29.8 Å². The first-order valence-corrected chi connectivity index (χ1v) is 5.89. The van der Waals surface area contributed by atoms with Gasteiger partial charge in [-0.2, -0.15) is 0 Å². The summed E-state index contributed by atoms with van der Waals surface area (Å²) in [6.07, 6.45) is 4.12. The normalized spacial score (nSPS) is 10.4. The van der Waals surface area contributed by atoms with E-state index in [4.69, 9.17) is 15.6 Å². The highest BCUT2D eigenvalue weighted by Crippen LogP contribution is 2.12. The van der Waals surface area contributed by atoms with Crippen LogP contribution in [0.1, 0.15) is 31.2 Å². The van der Waals surface area contributed by atoms with E-state index < -0.39 is 0 Å². The van der Waals surface area contributed by atoms with Crippen LogP contribution in [0.3, 0.4) is 0 Å². The lowest BCUT2D eigenvalue weighted by Crippen LogP contribution is -1.99. The Morgan fingerprint density at radius 2 is 1.69 bits per heavy atom. The molecule has 0 unspecified atom stereocenters. The van der Waals surface area contributed by atoms with Gasteiger partial charge in [-0.15, -0.1) is 0 Å². The Labute approximate surface area is 97.2 Å². The molecule has 3 heteroatoms. The fraction of sp³-hybridized carbons (Fsp3) is 0.538. The van der Waals surface area contributed by atoms with E-state index in [0.29, 0.717) is 13.2 Å². The summed E-state index contributed by atoms with van der Waals surface area (Å²) >= 11 is 0. The van der Waals surface area contributed by atoms with Gasteiger partial charge in [0.2, 0.25) is 0 Å². The van der Waals surface area contributed by atoms with Crippen molar-refractivity contribution in [1.29, 1.82) is 0 Å². The highest BCUT2D eigenvalue weighted by molar-refractivity contribution is 5.26. The van der Waals surface area contributed by atoms with Crippen molar-refractivity contribution in [2.24, 2.45) is 5.73 Å². The van der Waals surface area contributed by atoms with E-state index in [1.807, 2.05) is 24.3 Å². The summed E-state index contributed by atoms with van der Waals surface area (Å²) < 4.78 is 5.58. The van der Waals surface area contributed by atoms with E-state index in [9.17, 15) is 0 Å². The van der Waals surface area contributed by atoms with E-state index in [1.165, 1.54) is 0 Å². The van der Waals surface area contributed by atoms with Crippen LogP contribution in [0.4, 0.5) is 0 Å². The average molecular weight is 223 g/mol. The number of aliphatic hydroxyl groups excluding tert-OH is 1. The van der Waals surface area contributed by atoms with E-state index in [1.54, 1.807) is 0 Å². The molecule has 1 aromatic rings. The zero-order chi connectivity index (χ0) is 11.6. The molecule has 3 N–H and O–H groups in total. The minimum atomic E-state index is 0.293. The van der Waals surface area contributed by atoms with Crippen LogP contribution in [0.15, 0.2) is 24.3 Å². The number of hydrogen-bond acceptors (Lipinski definition) is 3. The monoisotopic (exact) mass is 223 g/mol. The average Bonchev–Trinajstić information content (AvgIpc) is 2.34. The number of unbranched alkanes of at least 4 members (excludes halogenated alkanes) is 3. The Hall–Kier alpha value is -1.06. The summed E-state index contributed by atoms with van der Waals surface area (Å²) in [6.45, 7) is 1.61. The lowest BCUT2D eigenvalue weighted by atomic mass is 10.2. The molecule has 0 aliphatic heterocycles. The second-order valence-corrected chi connectivity index (χ2v) is 3.83. The van der Waals surface area contributed by atoms with Crippen LogP contribution in [0.5, 0.6) is 5.75 Å². The highest BCUT2D eigenvalue weighted by Gasteiger charge is 1.94. The number of nitrogens with two attached hydrogens (primary N) is 1. The molecule has 0 aliphatic carbocycles. The molecule has 0 radical (unpaired) electrons. The van der Waals surface area contributed by atoms with Crippen molar-refractivity contribution in [2.75, 3.05) is 13.2 Å². The molecule has 0 heterocycles. The standard InChI is InChI=1S/C13H21NO2/c14-11-12-5-7-13(8-6-12)16-10-4-2-1-3-9-15/h5-8,15H,1-4,9-11,14H2. The van der Waals surface area contributed by atoms with Crippen molar-refractivity contribution < 1.29 is 9.84 Å². The molecule has 1 aromatic carbocycles. The van der Waals surface area contributed by atoms with Crippen molar-refractivity contribution in [1.82, 2.24) is 0 Å². The van der Waals surface area contributed by atoms with Crippen LogP contribution in [0.2, 0.25) is 0 Å². The molecule has 16 heavy (non-hydrogen) atoms. The van der Waals surface area contributed by atoms with Crippen molar-refractivity contribution >= 4 is 0 Å². The van der Waals surface area contributed by atoms with Crippen LogP contribution in [0.25, 0.3) is 0 Å². The zero-order valence-corrected chi connectivity index (χ0v) is 9.69. The van der Waals surface area contributed by atoms with Gasteiger partial charge in [-0.1, -0.05) is 18.6 Å². The first kappa shape index (κ1) is 13.0. The maximum absolute atomic E-state index is 8.61. The topological polar surface area (TPSA) is 55.5 Å². The zero-order valence-electron chi connectivity index (χ0n) is 9.69. The Bertz CT molecular complexity index is 272. The summed E-state index contributed by atoms with van der Waals surface area (Å²) in [6, 6.07) is 7.88. The quantitative estimate of drug-likeness (QED) is 0.663. The largest absolute Gasteiger partial charge is 0.494 e. The van der Waals surface area contributed by atoms with E-state index in [2.05, 4.69) is 0 Å². The fourth-order valence-corrected chi connectivity index (χ4v) is 1.48. The molecule has 0 aromatic heterocycles. The molecule has 0 saturated carbocycles. The summed E-state index contributed by atoms with van der Waals surface area (Å²) in [5.74, 6) is 0.902. The predicted molar refractivity (Wildman–Crippen MR) is 65.4 cm³/mol. The molecule has 0 amide bonds. The number of ether oxygens (including phenoxy) is 1. The van der Waals surface area contributed by atoms with Gasteiger partial charge in [0.15, 0.2) is 0 Å². The third kappa shape index (κ3) is 5.14. The van der Waals surface area contributed by atoms with Gasteiger partial charge in [0.25, 0.3) is 0 Å². The van der Waals surface area contributed by atoms with Crippen molar-refractivity contribution in [3.63, 3.8) is 0 Å². The number of rotatable bonds is 8. The molecule has 0 bridgehead atoms. The van der Waals surface area contributed by atoms with E-state index in [-0.39, 0.29) is 0 Å². The lowest BCUT2D eigenvalue weighted by molar-refractivity contribution is 0.273. The Morgan fingerprint density at radius 3 is 2.31 bits per heavy atom. The van der Waals surface area contributed by atoms with Crippen LogP contribution in [-0.4, -0.2) is 18.3 Å². The number of hydrogen-bond donors (Lipinski definition) is 2. The van der Waals surface area contributed by atoms with Gasteiger partial charge in [-0.25, -0.2) is 0 Å². The molecule has 3 nitrogen and oxygen atoms in total. The Balaban J connectivity index is 2.12. The maximum atomic E-state index is 8.61. The van der Waals surface area contributed by atoms with E-state index >= 15 is 0 Å². The molecular weight excluding hydrogens is 202 g/mol. The maximum Gasteiger partial charge on any atom is 0.119 e. The molecule has 0 spiro atoms. The molecule has 0 atom stereocenters. The number of benzene rings is 1. The van der Waals surface area contributed by atoms with Gasteiger partial charge >= 0.3 is 0 Å². The smallest absolute Gasteiger partial charge is 0.119 e. The predicted octanol–water partition coefficient (Wildman–Crippen LogP) is 2.08. The van der Waals surface area contributed by atoms with Gasteiger partial charge in [0, 0.05) is 13.2 Å². The molecule has 0 fully saturated rings. The minimum absolute atomic E-state index is 0.293. The molecule has 0 saturated heterocycles. The molecule has 0 aliphatic rings. The lowest BCUT2D eigenvalue weighted by Gasteiger charge is -2.06. The van der Waals surface area contributed by atoms with Crippen LogP contribution >= 0.6 is 0 Å². The second-order valence-electron chi connectivity index (χ2n) is 3.83. The summed E-state index contributed by atoms with van der Waals surface area (Å²) in [7, 11) is 0. The van der Waals surface area contributed by atoms with E-state index in [0.717, 1.165) is 43.6 Å². The van der Waals surface area contributed by atoms with Crippen LogP contribution < -0.4 is 10.5 Å². The fourth-order valence-electron chi connectivity index (χ4n) is 1.48. The van der Waals surface area contributed by atoms with Crippen LogP contribution in [0, 0.1) is 0 Å². The SMILES string of the molecule is NCc1ccc(OCCCCCCO)cc1. The summed E-state index contributed by atoms with van der Waals surface area (Å²) in [5, 5.41) is 8.61. The minimum Gasteiger partial charge on any atom is -0.494 e. The second kappa shape index (κ2) is 8.13. The van der Waals surface area contributed by atoms with Gasteiger partial charge in [0.05, 0.1) is 6.61 Å². The Morgan fingerprint density at radius 1 is 1.00 bits per heavy atom. The van der Waals surface area contributed by atoms with Crippen molar-refractivity contribution in [3.8, 4) is 5.75 Å². The number of aliphatic hydroxyl groups is 1. The Kier molecular flexibility index (Phi) is 6.61. The van der Waals surface area contributed by atoms with Gasteiger partial charge in [0.1, 0.15) is 5.75 Å². The van der Waals surface area contributed by atoms with Gasteiger partial charge < -0.3 is 15.6 Å². The van der Waals surface area contributed by atoms with Crippen LogP contribution in [-0.2, 0) is 6.54 Å². The van der Waals surface area contributed by atoms with Gasteiger partial charge in [-0.05, 0) is 37.0 Å².